The van der Waals surface area contributed by atoms with Crippen molar-refractivity contribution >= 4 is 23.5 Å². The van der Waals surface area contributed by atoms with Crippen LogP contribution < -0.4 is 20.3 Å². The summed E-state index contributed by atoms with van der Waals surface area (Å²) in [5, 5.41) is 24.8. The minimum absolute atomic E-state index is 0.109. The Hall–Kier alpha value is -2.91. The van der Waals surface area contributed by atoms with E-state index in [1.807, 2.05) is 6.92 Å². The van der Waals surface area contributed by atoms with E-state index in [1.165, 1.54) is 11.1 Å². The Morgan fingerprint density at radius 3 is 2.54 bits per heavy atom. The largest absolute Gasteiger partial charge is 0.497 e. The minimum atomic E-state index is -0.979. The molecular formula is C19H27N5O4. The van der Waals surface area contributed by atoms with Crippen molar-refractivity contribution in [2.24, 2.45) is 0 Å². The van der Waals surface area contributed by atoms with Crippen LogP contribution in [0.1, 0.15) is 20.8 Å². The van der Waals surface area contributed by atoms with E-state index in [0.29, 0.717) is 17.3 Å². The number of ether oxygens (including phenoxy) is 1. The van der Waals surface area contributed by atoms with Crippen LogP contribution in [0.5, 0.6) is 5.75 Å². The van der Waals surface area contributed by atoms with E-state index < -0.39 is 11.6 Å². The van der Waals surface area contributed by atoms with Gasteiger partial charge < -0.3 is 25.6 Å². The number of amides is 2. The summed E-state index contributed by atoms with van der Waals surface area (Å²) in [4.78, 5) is 22.7. The predicted octanol–water partition coefficient (Wildman–Crippen LogP) is 1.90. The number of carbonyl (C=O) groups excluding carboxylic acids is 1. The maximum atomic E-state index is 12.7. The van der Waals surface area contributed by atoms with E-state index in [9.17, 15) is 9.90 Å². The Balaban J connectivity index is 2.36. The molecule has 0 spiro atoms. The number of nitrogens with one attached hydrogen (secondary N) is 2. The molecular weight excluding hydrogens is 362 g/mol. The van der Waals surface area contributed by atoms with Gasteiger partial charge in [-0.05, 0) is 45.0 Å². The molecule has 0 saturated heterocycles. The van der Waals surface area contributed by atoms with Crippen molar-refractivity contribution in [3.63, 3.8) is 0 Å². The first-order valence-electron chi connectivity index (χ1n) is 8.91. The lowest BCUT2D eigenvalue weighted by Gasteiger charge is -2.27. The number of anilines is 3. The lowest BCUT2D eigenvalue weighted by atomic mass is 10.0. The van der Waals surface area contributed by atoms with Crippen LogP contribution in [0, 0.1) is 0 Å². The van der Waals surface area contributed by atoms with Gasteiger partial charge in [0.05, 0.1) is 31.0 Å². The van der Waals surface area contributed by atoms with Crippen LogP contribution in [-0.4, -0.2) is 58.1 Å². The first kappa shape index (κ1) is 21.4. The van der Waals surface area contributed by atoms with Crippen LogP contribution in [0.2, 0.25) is 0 Å². The zero-order valence-electron chi connectivity index (χ0n) is 16.5. The monoisotopic (exact) mass is 389 g/mol. The van der Waals surface area contributed by atoms with Gasteiger partial charge in [0.15, 0.2) is 0 Å². The lowest BCUT2D eigenvalue weighted by molar-refractivity contribution is 0.0646. The van der Waals surface area contributed by atoms with Gasteiger partial charge in [0.1, 0.15) is 11.6 Å². The number of urea groups is 1. The van der Waals surface area contributed by atoms with Crippen LogP contribution in [-0.2, 0) is 0 Å². The molecule has 0 fully saturated rings. The molecule has 0 radical (unpaired) electrons. The first-order chi connectivity index (χ1) is 13.3. The van der Waals surface area contributed by atoms with Crippen LogP contribution in [0.15, 0.2) is 36.5 Å². The molecule has 9 nitrogen and oxygen atoms in total. The van der Waals surface area contributed by atoms with E-state index >= 15 is 0 Å². The maximum absolute atomic E-state index is 12.7. The summed E-state index contributed by atoms with van der Waals surface area (Å²) in [6.07, 6.45) is 1.53. The molecule has 0 unspecified atom stereocenters. The van der Waals surface area contributed by atoms with Crippen molar-refractivity contribution in [1.82, 2.24) is 15.3 Å². The van der Waals surface area contributed by atoms with Crippen LogP contribution in [0.4, 0.5) is 22.2 Å². The fourth-order valence-electron chi connectivity index (χ4n) is 2.24. The molecule has 0 aliphatic heterocycles. The minimum Gasteiger partial charge on any atom is -0.497 e. The summed E-state index contributed by atoms with van der Waals surface area (Å²) < 4.78 is 5.16. The Labute approximate surface area is 164 Å². The van der Waals surface area contributed by atoms with E-state index in [0.717, 1.165) is 0 Å². The third-order valence-corrected chi connectivity index (χ3v) is 4.20. The number of nitrogens with zero attached hydrogens (tertiary/aromatic N) is 3. The average molecular weight is 389 g/mol. The van der Waals surface area contributed by atoms with Gasteiger partial charge in [-0.15, -0.1) is 0 Å². The van der Waals surface area contributed by atoms with E-state index in [2.05, 4.69) is 20.6 Å². The van der Waals surface area contributed by atoms with Gasteiger partial charge in [0.2, 0.25) is 5.95 Å². The van der Waals surface area contributed by atoms with Crippen LogP contribution >= 0.6 is 0 Å². The van der Waals surface area contributed by atoms with Gasteiger partial charge >= 0.3 is 6.03 Å². The number of aliphatic hydroxyl groups excluding tert-OH is 1. The molecule has 9 heteroatoms. The van der Waals surface area contributed by atoms with Crippen molar-refractivity contribution in [1.29, 1.82) is 0 Å². The second-order valence-electron chi connectivity index (χ2n) is 6.75. The number of methoxy groups -OCH3 is 1. The maximum Gasteiger partial charge on any atom is 0.327 e. The Kier molecular flexibility index (Phi) is 7.13. The lowest BCUT2D eigenvalue weighted by Crippen LogP contribution is -2.40. The normalized spacial score (nSPS) is 12.2. The molecule has 2 amide bonds. The van der Waals surface area contributed by atoms with Crippen molar-refractivity contribution in [2.45, 2.75) is 32.4 Å². The summed E-state index contributed by atoms with van der Waals surface area (Å²) in [6, 6.07) is 7.76. The molecule has 1 aromatic heterocycles. The standard InChI is InChI=1S/C19H27N5O4/c1-13(19(2,3)27)22-17-20-10-9-16(23-17)24(18(26)21-11-12-25)14-5-7-15(28-4)8-6-14/h5-10,13,25,27H,11-12H2,1-4H3,(H,21,26)(H,20,22,23)/t13-/m0/s1. The molecule has 0 aliphatic rings. The molecule has 28 heavy (non-hydrogen) atoms. The van der Waals surface area contributed by atoms with Gasteiger partial charge in [-0.3, -0.25) is 0 Å². The summed E-state index contributed by atoms with van der Waals surface area (Å²) in [7, 11) is 1.56. The fraction of sp³-hybridized carbons (Fsp3) is 0.421. The average Bonchev–Trinajstić information content (AvgIpc) is 2.66. The molecule has 2 rings (SSSR count). The predicted molar refractivity (Wildman–Crippen MR) is 107 cm³/mol. The third kappa shape index (κ3) is 5.54. The van der Waals surface area contributed by atoms with E-state index in [4.69, 9.17) is 9.84 Å². The number of aromatic nitrogens is 2. The van der Waals surface area contributed by atoms with Gasteiger partial charge in [-0.25, -0.2) is 14.7 Å². The first-order valence-corrected chi connectivity index (χ1v) is 8.91. The molecule has 0 bridgehead atoms. The number of rotatable bonds is 8. The zero-order valence-corrected chi connectivity index (χ0v) is 16.5. The SMILES string of the molecule is COc1ccc(N(C(=O)NCCO)c2ccnc(N[C@@H](C)C(C)(C)O)n2)cc1. The Morgan fingerprint density at radius 1 is 1.29 bits per heavy atom. The smallest absolute Gasteiger partial charge is 0.327 e. The second kappa shape index (κ2) is 9.34. The highest BCUT2D eigenvalue weighted by Crippen LogP contribution is 2.26. The van der Waals surface area contributed by atoms with Crippen molar-refractivity contribution in [2.75, 3.05) is 30.5 Å². The quantitative estimate of drug-likeness (QED) is 0.544. The van der Waals surface area contributed by atoms with Crippen molar-refractivity contribution < 1.29 is 19.7 Å². The summed E-state index contributed by atoms with van der Waals surface area (Å²) in [6.45, 7) is 5.10. The Morgan fingerprint density at radius 2 is 1.96 bits per heavy atom. The highest BCUT2D eigenvalue weighted by atomic mass is 16.5. The third-order valence-electron chi connectivity index (χ3n) is 4.20. The number of benzene rings is 1. The van der Waals surface area contributed by atoms with Crippen LogP contribution in [0.25, 0.3) is 0 Å². The molecule has 4 N–H and O–H groups in total. The number of carbonyl (C=O) groups is 1. The highest BCUT2D eigenvalue weighted by Gasteiger charge is 2.24. The number of aliphatic hydroxyl groups is 2. The molecule has 1 aromatic carbocycles. The number of hydrogen-bond acceptors (Lipinski definition) is 7. The second-order valence-corrected chi connectivity index (χ2v) is 6.75. The molecule has 1 atom stereocenters. The zero-order chi connectivity index (χ0) is 20.7. The molecule has 1 heterocycles. The summed E-state index contributed by atoms with van der Waals surface area (Å²) in [5.74, 6) is 1.27. The van der Waals surface area contributed by atoms with Crippen molar-refractivity contribution in [3.8, 4) is 5.75 Å². The van der Waals surface area contributed by atoms with Crippen molar-refractivity contribution in [3.05, 3.63) is 36.5 Å². The van der Waals surface area contributed by atoms with Gasteiger partial charge in [0, 0.05) is 18.8 Å². The topological polar surface area (TPSA) is 120 Å². The summed E-state index contributed by atoms with van der Waals surface area (Å²) >= 11 is 0. The van der Waals surface area contributed by atoms with E-state index in [1.54, 1.807) is 51.3 Å². The fourth-order valence-corrected chi connectivity index (χ4v) is 2.24. The van der Waals surface area contributed by atoms with Gasteiger partial charge in [0.25, 0.3) is 0 Å². The number of hydrogen-bond donors (Lipinski definition) is 4. The van der Waals surface area contributed by atoms with Gasteiger partial charge in [-0.1, -0.05) is 0 Å². The summed E-state index contributed by atoms with van der Waals surface area (Å²) in [5.41, 5.74) is -0.412. The van der Waals surface area contributed by atoms with Gasteiger partial charge in [-0.2, -0.15) is 4.98 Å². The van der Waals surface area contributed by atoms with E-state index in [-0.39, 0.29) is 25.1 Å². The highest BCUT2D eigenvalue weighted by molar-refractivity contribution is 5.98. The molecule has 2 aromatic rings. The molecule has 0 aliphatic carbocycles. The molecule has 152 valence electrons. The van der Waals surface area contributed by atoms with Crippen LogP contribution in [0.3, 0.4) is 0 Å². The Bertz CT molecular complexity index is 777. The molecule has 0 saturated carbocycles.